The van der Waals surface area contributed by atoms with Gasteiger partial charge < -0.3 is 9.64 Å². The third kappa shape index (κ3) is 4.44. The molecule has 1 aliphatic heterocycles. The van der Waals surface area contributed by atoms with Crippen molar-refractivity contribution in [2.45, 2.75) is 30.0 Å². The monoisotopic (exact) mass is 394 g/mol. The summed E-state index contributed by atoms with van der Waals surface area (Å²) in [6, 6.07) is 10.5. The van der Waals surface area contributed by atoms with Crippen molar-refractivity contribution in [3.8, 4) is 5.75 Å². The Morgan fingerprint density at radius 3 is 2.65 bits per heavy atom. The Bertz CT molecular complexity index is 871. The summed E-state index contributed by atoms with van der Waals surface area (Å²) in [7, 11) is -2.08. The molecule has 6 nitrogen and oxygen atoms in total. The van der Waals surface area contributed by atoms with Crippen molar-refractivity contribution >= 4 is 27.3 Å². The number of ether oxygens (including phenoxy) is 1. The van der Waals surface area contributed by atoms with Crippen molar-refractivity contribution in [1.29, 1.82) is 0 Å². The second-order valence-corrected chi connectivity index (χ2v) is 9.28. The number of likely N-dealkylation sites (tertiary alicyclic amines) is 1. The molecule has 140 valence electrons. The van der Waals surface area contributed by atoms with Crippen LogP contribution in [-0.2, 0) is 27.8 Å². The van der Waals surface area contributed by atoms with Crippen LogP contribution in [0, 0.1) is 0 Å². The minimum atomic E-state index is -3.63. The average molecular weight is 395 g/mol. The molecule has 0 spiro atoms. The van der Waals surface area contributed by atoms with E-state index in [0.29, 0.717) is 5.75 Å². The summed E-state index contributed by atoms with van der Waals surface area (Å²) in [5.74, 6) is 0.702. The molecule has 26 heavy (non-hydrogen) atoms. The molecular formula is C18H22N2O4S2. The summed E-state index contributed by atoms with van der Waals surface area (Å²) in [5, 5.41) is 0. The number of amides is 1. The molecule has 1 amide bonds. The highest BCUT2D eigenvalue weighted by Crippen LogP contribution is 2.24. The maximum Gasteiger partial charge on any atom is 0.250 e. The van der Waals surface area contributed by atoms with Crippen LogP contribution >= 0.6 is 11.3 Å². The lowest BCUT2D eigenvalue weighted by Crippen LogP contribution is -2.28. The SMILES string of the molecule is COc1ccccc1CNS(=O)(=O)c1ccc(CC(=O)N2CCCC2)s1. The fourth-order valence-electron chi connectivity index (χ4n) is 2.92. The molecule has 1 aliphatic rings. The summed E-state index contributed by atoms with van der Waals surface area (Å²) >= 11 is 1.14. The molecule has 3 rings (SSSR count). The number of benzene rings is 1. The van der Waals surface area contributed by atoms with Crippen molar-refractivity contribution in [1.82, 2.24) is 9.62 Å². The summed E-state index contributed by atoms with van der Waals surface area (Å²) in [5.41, 5.74) is 0.763. The highest BCUT2D eigenvalue weighted by atomic mass is 32.2. The van der Waals surface area contributed by atoms with Crippen molar-refractivity contribution in [2.24, 2.45) is 0 Å². The minimum absolute atomic E-state index is 0.0651. The predicted molar refractivity (Wildman–Crippen MR) is 101 cm³/mol. The second-order valence-electron chi connectivity index (χ2n) is 6.12. The van der Waals surface area contributed by atoms with Crippen molar-refractivity contribution in [2.75, 3.05) is 20.2 Å². The number of thiophene rings is 1. The van der Waals surface area contributed by atoms with Gasteiger partial charge in [-0.25, -0.2) is 13.1 Å². The van der Waals surface area contributed by atoms with Crippen LogP contribution in [0.2, 0.25) is 0 Å². The fraction of sp³-hybridized carbons (Fsp3) is 0.389. The van der Waals surface area contributed by atoms with Crippen LogP contribution < -0.4 is 9.46 Å². The molecule has 0 atom stereocenters. The number of nitrogens with one attached hydrogen (secondary N) is 1. The van der Waals surface area contributed by atoms with Gasteiger partial charge in [0.1, 0.15) is 9.96 Å². The van der Waals surface area contributed by atoms with E-state index >= 15 is 0 Å². The molecule has 1 aromatic carbocycles. The lowest BCUT2D eigenvalue weighted by atomic mass is 10.2. The molecule has 2 heterocycles. The Balaban J connectivity index is 1.64. The summed E-state index contributed by atoms with van der Waals surface area (Å²) < 4.78 is 33.1. The molecule has 2 aromatic rings. The largest absolute Gasteiger partial charge is 0.496 e. The van der Waals surface area contributed by atoms with E-state index in [-0.39, 0.29) is 23.1 Å². The van der Waals surface area contributed by atoms with E-state index in [1.165, 1.54) is 0 Å². The van der Waals surface area contributed by atoms with Crippen molar-refractivity contribution < 1.29 is 17.9 Å². The molecule has 8 heteroatoms. The van der Waals surface area contributed by atoms with Crippen LogP contribution in [0.25, 0.3) is 0 Å². The second kappa shape index (κ2) is 8.20. The van der Waals surface area contributed by atoms with Gasteiger partial charge in [0.05, 0.1) is 13.5 Å². The molecule has 0 aliphatic carbocycles. The van der Waals surface area contributed by atoms with Gasteiger partial charge in [-0.05, 0) is 31.0 Å². The first-order valence-electron chi connectivity index (χ1n) is 8.47. The van der Waals surface area contributed by atoms with Crippen molar-refractivity contribution in [3.63, 3.8) is 0 Å². The smallest absolute Gasteiger partial charge is 0.250 e. The van der Waals surface area contributed by atoms with E-state index in [1.807, 2.05) is 23.1 Å². The van der Waals surface area contributed by atoms with E-state index in [1.54, 1.807) is 25.3 Å². The number of methoxy groups -OCH3 is 1. The maximum absolute atomic E-state index is 12.5. The van der Waals surface area contributed by atoms with Gasteiger partial charge in [0.25, 0.3) is 0 Å². The van der Waals surface area contributed by atoms with E-state index < -0.39 is 10.0 Å². The van der Waals surface area contributed by atoms with Gasteiger partial charge in [-0.15, -0.1) is 11.3 Å². The van der Waals surface area contributed by atoms with E-state index in [4.69, 9.17) is 4.74 Å². The van der Waals surface area contributed by atoms with Crippen LogP contribution in [0.5, 0.6) is 5.75 Å². The highest BCUT2D eigenvalue weighted by molar-refractivity contribution is 7.91. The van der Waals surface area contributed by atoms with Gasteiger partial charge in [0.2, 0.25) is 15.9 Å². The Hall–Kier alpha value is -1.90. The van der Waals surface area contributed by atoms with Gasteiger partial charge in [-0.2, -0.15) is 0 Å². The number of carbonyl (C=O) groups excluding carboxylic acids is 1. The molecular weight excluding hydrogens is 372 g/mol. The molecule has 1 N–H and O–H groups in total. The summed E-state index contributed by atoms with van der Waals surface area (Å²) in [6.07, 6.45) is 2.35. The lowest BCUT2D eigenvalue weighted by molar-refractivity contribution is -0.129. The normalized spacial score (nSPS) is 14.6. The quantitative estimate of drug-likeness (QED) is 0.782. The molecule has 1 aromatic heterocycles. The van der Waals surface area contributed by atoms with Gasteiger partial charge in [-0.1, -0.05) is 18.2 Å². The predicted octanol–water partition coefficient (Wildman–Crippen LogP) is 2.40. The Morgan fingerprint density at radius 1 is 1.19 bits per heavy atom. The number of hydrogen-bond donors (Lipinski definition) is 1. The van der Waals surface area contributed by atoms with E-state index in [9.17, 15) is 13.2 Å². The molecule has 1 fully saturated rings. The van der Waals surface area contributed by atoms with Gasteiger partial charge in [0, 0.05) is 30.1 Å². The van der Waals surface area contributed by atoms with Gasteiger partial charge >= 0.3 is 0 Å². The van der Waals surface area contributed by atoms with Crippen LogP contribution in [0.1, 0.15) is 23.3 Å². The highest BCUT2D eigenvalue weighted by Gasteiger charge is 2.21. The average Bonchev–Trinajstić information content (AvgIpc) is 3.32. The van der Waals surface area contributed by atoms with E-state index in [2.05, 4.69) is 4.72 Å². The van der Waals surface area contributed by atoms with Gasteiger partial charge in [-0.3, -0.25) is 4.79 Å². The third-order valence-electron chi connectivity index (χ3n) is 4.33. The molecule has 0 saturated carbocycles. The first-order valence-corrected chi connectivity index (χ1v) is 10.8. The number of rotatable bonds is 7. The fourth-order valence-corrected chi connectivity index (χ4v) is 5.32. The Morgan fingerprint density at radius 2 is 1.92 bits per heavy atom. The zero-order valence-corrected chi connectivity index (χ0v) is 16.2. The molecule has 0 bridgehead atoms. The first-order chi connectivity index (χ1) is 12.5. The Kier molecular flexibility index (Phi) is 5.95. The minimum Gasteiger partial charge on any atom is -0.496 e. The molecule has 0 unspecified atom stereocenters. The Labute approximate surface area is 157 Å². The number of sulfonamides is 1. The van der Waals surface area contributed by atoms with Crippen molar-refractivity contribution in [3.05, 3.63) is 46.8 Å². The topological polar surface area (TPSA) is 75.7 Å². The maximum atomic E-state index is 12.5. The lowest BCUT2D eigenvalue weighted by Gasteiger charge is -2.14. The van der Waals surface area contributed by atoms with Crippen LogP contribution in [0.3, 0.4) is 0 Å². The van der Waals surface area contributed by atoms with Gasteiger partial charge in [0.15, 0.2) is 0 Å². The van der Waals surface area contributed by atoms with Crippen LogP contribution in [0.15, 0.2) is 40.6 Å². The number of nitrogens with zero attached hydrogens (tertiary/aromatic N) is 1. The standard InChI is InChI=1S/C18H22N2O4S2/c1-24-16-7-3-2-6-14(16)13-19-26(22,23)18-9-8-15(25-18)12-17(21)20-10-4-5-11-20/h2-3,6-9,19H,4-5,10-13H2,1H3. The van der Waals surface area contributed by atoms with Crippen LogP contribution in [-0.4, -0.2) is 39.4 Å². The number of carbonyl (C=O) groups is 1. The zero-order chi connectivity index (χ0) is 18.6. The first kappa shape index (κ1) is 18.9. The summed E-state index contributed by atoms with van der Waals surface area (Å²) in [4.78, 5) is 14.8. The van der Waals surface area contributed by atoms with Crippen LogP contribution in [0.4, 0.5) is 0 Å². The van der Waals surface area contributed by atoms with E-state index in [0.717, 1.165) is 47.7 Å². The number of hydrogen-bond acceptors (Lipinski definition) is 5. The third-order valence-corrected chi connectivity index (χ3v) is 7.31. The summed E-state index contributed by atoms with van der Waals surface area (Å²) in [6.45, 7) is 1.75. The zero-order valence-electron chi connectivity index (χ0n) is 14.6. The molecule has 0 radical (unpaired) electrons. The molecule has 1 saturated heterocycles. The number of para-hydroxylation sites is 1.